The second-order valence-electron chi connectivity index (χ2n) is 27.2. The lowest BCUT2D eigenvalue weighted by Crippen LogP contribution is -2.11. The van der Waals surface area contributed by atoms with E-state index < -0.39 is 0 Å². The van der Waals surface area contributed by atoms with Crippen molar-refractivity contribution in [2.24, 2.45) is 0 Å². The van der Waals surface area contributed by atoms with E-state index in [-0.39, 0.29) is 0 Å². The molecule has 110 heavy (non-hydrogen) atoms. The number of hydrogen-bond acceptors (Lipinski definition) is 10. The molecular formula is C98H64N12. The third kappa shape index (κ3) is 11.9. The molecule has 0 radical (unpaired) electrons. The zero-order valence-corrected chi connectivity index (χ0v) is 59.3. The molecule has 0 unspecified atom stereocenters. The summed E-state index contributed by atoms with van der Waals surface area (Å²) in [4.78, 5) is 43.1. The molecule has 12 nitrogen and oxygen atoms in total. The topological polar surface area (TPSA) is 119 Å². The SMILES string of the molecule is c1ccc(-c2ccc(N(c3ccc(-c4ccc5c(c4)c4cccnc4n5-c4ccccn4)cc3)c3ccc(-c4ccc5ccc6cccnc6c5n4)cc3)cc2)cc1.c1ccc(-c2ccc(N(c3ccc(-c4ccc5c(c4)c4cccnc4n5-c4ccccn4)cc3)c3ccc4ccc5cccnc5c4n3)cc2)cc1. The predicted molar refractivity (Wildman–Crippen MR) is 450 cm³/mol. The molecule has 0 amide bonds. The number of fused-ring (bicyclic) bond motifs is 12. The molecule has 12 heteroatoms. The first-order valence-corrected chi connectivity index (χ1v) is 36.7. The van der Waals surface area contributed by atoms with Crippen LogP contribution < -0.4 is 9.80 Å². The van der Waals surface area contributed by atoms with E-state index in [9.17, 15) is 0 Å². The number of anilines is 6. The van der Waals surface area contributed by atoms with E-state index in [1.807, 2.05) is 104 Å². The molecule has 0 saturated heterocycles. The first-order chi connectivity index (χ1) is 54.5. The van der Waals surface area contributed by atoms with Crippen molar-refractivity contribution in [2.45, 2.75) is 0 Å². The standard InChI is InChI=1S/C52H34N6.C46H30N6/c1-2-8-35(9-3-1)36-15-23-42(24-16-36)57(44-27-19-38(20-28-44)47-29-21-40-14-13-39-10-6-32-54-50(39)51(40)56-47)43-25-17-37(18-26-43)41-22-30-48-46(34-41)45-11-7-33-55-52(45)58(48)49-12-4-5-31-53-49;1-2-8-31(9-3-1)32-15-21-37(22-16-32)51(43-26-20-35-14-13-34-10-6-28-48-44(34)45(35)50-43)38-23-17-33(18-24-38)36-19-25-41-40(30-36)39-11-7-29-49-46(39)52(41)42-12-4-5-27-47-42/h1-34H;1-30H. The van der Waals surface area contributed by atoms with Crippen LogP contribution in [0.3, 0.4) is 0 Å². The summed E-state index contributed by atoms with van der Waals surface area (Å²) in [6.07, 6.45) is 11.0. The Morgan fingerprint density at radius 3 is 1.00 bits per heavy atom. The van der Waals surface area contributed by atoms with Crippen molar-refractivity contribution >= 4 is 122 Å². The number of rotatable bonds is 13. The molecule has 0 saturated carbocycles. The van der Waals surface area contributed by atoms with Crippen molar-refractivity contribution < 1.29 is 0 Å². The maximum absolute atomic E-state index is 5.26. The molecule has 516 valence electrons. The quantitative estimate of drug-likeness (QED) is 0.103. The molecule has 0 N–H and O–H groups in total. The van der Waals surface area contributed by atoms with Gasteiger partial charge in [-0.1, -0.05) is 188 Å². The van der Waals surface area contributed by atoms with Gasteiger partial charge in [-0.2, -0.15) is 0 Å². The second-order valence-corrected chi connectivity index (χ2v) is 27.2. The lowest BCUT2D eigenvalue weighted by Gasteiger charge is -2.26. The fraction of sp³-hybridized carbons (Fsp3) is 0. The van der Waals surface area contributed by atoms with Crippen LogP contribution in [0.5, 0.6) is 0 Å². The number of aromatic nitrogens is 10. The van der Waals surface area contributed by atoms with E-state index in [0.29, 0.717) is 0 Å². The van der Waals surface area contributed by atoms with Crippen molar-refractivity contribution in [2.75, 3.05) is 9.80 Å². The molecule has 0 spiro atoms. The van der Waals surface area contributed by atoms with Gasteiger partial charge in [0.15, 0.2) is 0 Å². The Morgan fingerprint density at radius 1 is 0.209 bits per heavy atom. The van der Waals surface area contributed by atoms with Crippen molar-refractivity contribution in [1.82, 2.24) is 49.0 Å². The van der Waals surface area contributed by atoms with E-state index in [1.165, 1.54) is 16.7 Å². The predicted octanol–water partition coefficient (Wildman–Crippen LogP) is 24.6. The van der Waals surface area contributed by atoms with Crippen molar-refractivity contribution in [3.05, 3.63) is 389 Å². The van der Waals surface area contributed by atoms with Gasteiger partial charge in [0.25, 0.3) is 0 Å². The van der Waals surface area contributed by atoms with Crippen LogP contribution in [0.2, 0.25) is 0 Å². The third-order valence-electron chi connectivity index (χ3n) is 20.7. The van der Waals surface area contributed by atoms with E-state index in [4.69, 9.17) is 24.9 Å². The molecule has 0 aliphatic heterocycles. The Kier molecular flexibility index (Phi) is 16.2. The summed E-state index contributed by atoms with van der Waals surface area (Å²) in [6, 6.07) is 123. The highest BCUT2D eigenvalue weighted by atomic mass is 15.2. The Labute approximate surface area is 633 Å². The minimum atomic E-state index is 0.821. The number of benzene rings is 11. The van der Waals surface area contributed by atoms with Gasteiger partial charge in [-0.3, -0.25) is 24.0 Å². The molecular weight excluding hydrogens is 1350 g/mol. The summed E-state index contributed by atoms with van der Waals surface area (Å²) in [5.41, 5.74) is 23.9. The second kappa shape index (κ2) is 27.7. The lowest BCUT2D eigenvalue weighted by molar-refractivity contribution is 1.06. The van der Waals surface area contributed by atoms with Gasteiger partial charge < -0.3 is 4.90 Å². The van der Waals surface area contributed by atoms with Crippen LogP contribution in [0, 0.1) is 0 Å². The maximum atomic E-state index is 5.26. The van der Waals surface area contributed by atoms with Gasteiger partial charge in [-0.15, -0.1) is 0 Å². The average Bonchev–Trinajstić information content (AvgIpc) is 1.58. The Bertz CT molecular complexity index is 6980. The summed E-state index contributed by atoms with van der Waals surface area (Å²) in [7, 11) is 0. The largest absolute Gasteiger partial charge is 0.311 e. The molecule has 21 aromatic rings. The molecule has 0 fully saturated rings. The van der Waals surface area contributed by atoms with Crippen LogP contribution in [0.1, 0.15) is 0 Å². The van der Waals surface area contributed by atoms with Crippen LogP contribution >= 0.6 is 0 Å². The van der Waals surface area contributed by atoms with Crippen LogP contribution in [0.25, 0.3) is 155 Å². The van der Waals surface area contributed by atoms with Gasteiger partial charge in [0.1, 0.15) is 28.7 Å². The molecule has 0 bridgehead atoms. The van der Waals surface area contributed by atoms with E-state index in [2.05, 4.69) is 319 Å². The average molecular weight is 1410 g/mol. The molecule has 21 rings (SSSR count). The van der Waals surface area contributed by atoms with E-state index in [0.717, 1.165) is 172 Å². The molecule has 10 aromatic heterocycles. The fourth-order valence-electron chi connectivity index (χ4n) is 15.3. The van der Waals surface area contributed by atoms with Crippen LogP contribution in [0.4, 0.5) is 34.3 Å². The number of hydrogen-bond donors (Lipinski definition) is 0. The normalized spacial score (nSPS) is 11.5. The summed E-state index contributed by atoms with van der Waals surface area (Å²) in [6.45, 7) is 0. The maximum Gasteiger partial charge on any atom is 0.146 e. The Morgan fingerprint density at radius 2 is 0.555 bits per heavy atom. The highest BCUT2D eigenvalue weighted by molar-refractivity contribution is 6.11. The first-order valence-electron chi connectivity index (χ1n) is 36.7. The highest BCUT2D eigenvalue weighted by Crippen LogP contribution is 2.43. The molecule has 0 aliphatic carbocycles. The minimum absolute atomic E-state index is 0.821. The zero-order chi connectivity index (χ0) is 72.9. The molecule has 10 heterocycles. The van der Waals surface area contributed by atoms with Gasteiger partial charge in [0.2, 0.25) is 0 Å². The van der Waals surface area contributed by atoms with Crippen molar-refractivity contribution in [1.29, 1.82) is 0 Å². The molecule has 0 aliphatic rings. The smallest absolute Gasteiger partial charge is 0.146 e. The van der Waals surface area contributed by atoms with Crippen LogP contribution in [-0.4, -0.2) is 49.0 Å². The van der Waals surface area contributed by atoms with Gasteiger partial charge >= 0.3 is 0 Å². The highest BCUT2D eigenvalue weighted by Gasteiger charge is 2.22. The van der Waals surface area contributed by atoms with Crippen LogP contribution in [-0.2, 0) is 0 Å². The van der Waals surface area contributed by atoms with Gasteiger partial charge in [0.05, 0.1) is 38.8 Å². The summed E-state index contributed by atoms with van der Waals surface area (Å²) >= 11 is 0. The fourth-order valence-corrected chi connectivity index (χ4v) is 15.3. The van der Waals surface area contributed by atoms with Gasteiger partial charge in [-0.25, -0.2) is 29.9 Å². The third-order valence-corrected chi connectivity index (χ3v) is 20.7. The first kappa shape index (κ1) is 64.5. The van der Waals surface area contributed by atoms with Crippen LogP contribution in [0.15, 0.2) is 389 Å². The molecule has 0 atom stereocenters. The zero-order valence-electron chi connectivity index (χ0n) is 59.3. The van der Waals surface area contributed by atoms with E-state index in [1.54, 1.807) is 0 Å². The summed E-state index contributed by atoms with van der Waals surface area (Å²) in [5, 5.41) is 8.75. The monoisotopic (exact) mass is 1410 g/mol. The Balaban J connectivity index is 0.000000145. The summed E-state index contributed by atoms with van der Waals surface area (Å²) < 4.78 is 4.27. The van der Waals surface area contributed by atoms with Gasteiger partial charge in [0, 0.05) is 114 Å². The van der Waals surface area contributed by atoms with Crippen molar-refractivity contribution in [3.63, 3.8) is 0 Å². The number of nitrogens with zero attached hydrogens (tertiary/aromatic N) is 12. The van der Waals surface area contributed by atoms with E-state index >= 15 is 0 Å². The van der Waals surface area contributed by atoms with Crippen molar-refractivity contribution in [3.8, 4) is 67.4 Å². The summed E-state index contributed by atoms with van der Waals surface area (Å²) in [5.74, 6) is 2.52. The molecule has 11 aromatic carbocycles. The Hall–Kier alpha value is -15.1. The van der Waals surface area contributed by atoms with Gasteiger partial charge in [-0.05, 0) is 208 Å². The number of pyridine rings is 8. The lowest BCUT2D eigenvalue weighted by atomic mass is 10.0. The minimum Gasteiger partial charge on any atom is -0.311 e.